The predicted octanol–water partition coefficient (Wildman–Crippen LogP) is 6.37. The molecule has 0 radical (unpaired) electrons. The standard InChI is InChI=1S/C24H26ClNO/c1-3-5-20-10-9-19(16-27)13-24(20)23-14-22(11-8-17(23)2)26-15-18-6-4-7-21(25)12-18/h4,6-14,26-27H,3,5,15-16H2,1-2H3. The first-order valence-electron chi connectivity index (χ1n) is 9.42. The van der Waals surface area contributed by atoms with Gasteiger partial charge in [-0.15, -0.1) is 0 Å². The molecular weight excluding hydrogens is 354 g/mol. The third kappa shape index (κ3) is 4.91. The van der Waals surface area contributed by atoms with Gasteiger partial charge in [0.15, 0.2) is 0 Å². The number of aliphatic hydroxyl groups excluding tert-OH is 1. The molecule has 2 nitrogen and oxygen atoms in total. The molecule has 0 heterocycles. The number of anilines is 1. The molecule has 0 saturated heterocycles. The first-order chi connectivity index (χ1) is 13.1. The number of benzene rings is 3. The van der Waals surface area contributed by atoms with Crippen LogP contribution in [0, 0.1) is 6.92 Å². The van der Waals surface area contributed by atoms with Crippen LogP contribution in [0.15, 0.2) is 60.7 Å². The summed E-state index contributed by atoms with van der Waals surface area (Å²) < 4.78 is 0. The molecule has 0 bridgehead atoms. The normalized spacial score (nSPS) is 10.8. The van der Waals surface area contributed by atoms with Gasteiger partial charge in [0.05, 0.1) is 6.61 Å². The van der Waals surface area contributed by atoms with Gasteiger partial charge in [0, 0.05) is 17.3 Å². The second-order valence-corrected chi connectivity index (χ2v) is 7.35. The molecule has 3 heteroatoms. The largest absolute Gasteiger partial charge is 0.392 e. The van der Waals surface area contributed by atoms with Gasteiger partial charge in [0.25, 0.3) is 0 Å². The van der Waals surface area contributed by atoms with Crippen molar-refractivity contribution in [3.05, 3.63) is 87.9 Å². The lowest BCUT2D eigenvalue weighted by atomic mass is 9.92. The second kappa shape index (κ2) is 9.07. The molecule has 3 rings (SSSR count). The van der Waals surface area contributed by atoms with Crippen LogP contribution >= 0.6 is 11.6 Å². The molecule has 0 aliphatic heterocycles. The monoisotopic (exact) mass is 379 g/mol. The first-order valence-corrected chi connectivity index (χ1v) is 9.80. The van der Waals surface area contributed by atoms with Crippen molar-refractivity contribution in [3.8, 4) is 11.1 Å². The van der Waals surface area contributed by atoms with E-state index in [1.165, 1.54) is 22.3 Å². The van der Waals surface area contributed by atoms with E-state index in [1.807, 2.05) is 24.3 Å². The van der Waals surface area contributed by atoms with E-state index in [2.05, 4.69) is 55.6 Å². The minimum absolute atomic E-state index is 0.0607. The molecule has 2 N–H and O–H groups in total. The van der Waals surface area contributed by atoms with E-state index in [1.54, 1.807) is 0 Å². The zero-order chi connectivity index (χ0) is 19.2. The van der Waals surface area contributed by atoms with Crippen molar-refractivity contribution < 1.29 is 5.11 Å². The summed E-state index contributed by atoms with van der Waals surface area (Å²) in [7, 11) is 0. The minimum atomic E-state index is 0.0607. The Labute approximate surface area is 166 Å². The molecule has 0 atom stereocenters. The molecule has 0 unspecified atom stereocenters. The van der Waals surface area contributed by atoms with Crippen molar-refractivity contribution in [2.24, 2.45) is 0 Å². The highest BCUT2D eigenvalue weighted by Gasteiger charge is 2.10. The summed E-state index contributed by atoms with van der Waals surface area (Å²) in [6.07, 6.45) is 2.12. The fourth-order valence-corrected chi connectivity index (χ4v) is 3.55. The van der Waals surface area contributed by atoms with Crippen LogP contribution in [-0.4, -0.2) is 5.11 Å². The summed E-state index contributed by atoms with van der Waals surface area (Å²) in [4.78, 5) is 0. The van der Waals surface area contributed by atoms with Crippen LogP contribution in [0.1, 0.15) is 35.6 Å². The summed E-state index contributed by atoms with van der Waals surface area (Å²) in [6.45, 7) is 5.11. The Hall–Kier alpha value is -2.29. The second-order valence-electron chi connectivity index (χ2n) is 6.91. The first kappa shape index (κ1) is 19.5. The Balaban J connectivity index is 1.91. The van der Waals surface area contributed by atoms with Crippen LogP contribution in [0.3, 0.4) is 0 Å². The van der Waals surface area contributed by atoms with Gasteiger partial charge >= 0.3 is 0 Å². The van der Waals surface area contributed by atoms with Crippen LogP contribution in [0.5, 0.6) is 0 Å². The van der Waals surface area contributed by atoms with Crippen LogP contribution in [0.2, 0.25) is 5.02 Å². The van der Waals surface area contributed by atoms with Gasteiger partial charge in [-0.25, -0.2) is 0 Å². The summed E-state index contributed by atoms with van der Waals surface area (Å²) >= 11 is 6.08. The number of aryl methyl sites for hydroxylation is 2. The Morgan fingerprint density at radius 2 is 1.78 bits per heavy atom. The van der Waals surface area contributed by atoms with Crippen molar-refractivity contribution in [1.82, 2.24) is 0 Å². The molecule has 3 aromatic carbocycles. The summed E-state index contributed by atoms with van der Waals surface area (Å²) in [5, 5.41) is 13.8. The quantitative estimate of drug-likeness (QED) is 0.499. The average molecular weight is 380 g/mol. The number of nitrogens with one attached hydrogen (secondary N) is 1. The van der Waals surface area contributed by atoms with Crippen molar-refractivity contribution >= 4 is 17.3 Å². The lowest BCUT2D eigenvalue weighted by molar-refractivity contribution is 0.282. The lowest BCUT2D eigenvalue weighted by Crippen LogP contribution is -2.01. The van der Waals surface area contributed by atoms with E-state index in [4.69, 9.17) is 11.6 Å². The molecular formula is C24H26ClNO. The van der Waals surface area contributed by atoms with Gasteiger partial charge in [0.2, 0.25) is 0 Å². The summed E-state index contributed by atoms with van der Waals surface area (Å²) in [5.41, 5.74) is 8.16. The zero-order valence-electron chi connectivity index (χ0n) is 15.9. The third-order valence-electron chi connectivity index (χ3n) is 4.79. The molecule has 0 fully saturated rings. The van der Waals surface area contributed by atoms with Crippen molar-refractivity contribution in [3.63, 3.8) is 0 Å². The highest BCUT2D eigenvalue weighted by atomic mass is 35.5. The highest BCUT2D eigenvalue weighted by Crippen LogP contribution is 2.31. The lowest BCUT2D eigenvalue weighted by Gasteiger charge is -2.16. The highest BCUT2D eigenvalue weighted by molar-refractivity contribution is 6.30. The summed E-state index contributed by atoms with van der Waals surface area (Å²) in [5.74, 6) is 0. The molecule has 0 saturated carbocycles. The zero-order valence-corrected chi connectivity index (χ0v) is 16.7. The Morgan fingerprint density at radius 1 is 0.926 bits per heavy atom. The van der Waals surface area contributed by atoms with E-state index >= 15 is 0 Å². The fourth-order valence-electron chi connectivity index (χ4n) is 3.33. The van der Waals surface area contributed by atoms with Crippen LogP contribution < -0.4 is 5.32 Å². The Bertz CT molecular complexity index is 920. The topological polar surface area (TPSA) is 32.3 Å². The van der Waals surface area contributed by atoms with Gasteiger partial charge in [-0.1, -0.05) is 55.3 Å². The van der Waals surface area contributed by atoms with Gasteiger partial charge in [-0.05, 0) is 77.1 Å². The predicted molar refractivity (Wildman–Crippen MR) is 115 cm³/mol. The van der Waals surface area contributed by atoms with Gasteiger partial charge < -0.3 is 10.4 Å². The SMILES string of the molecule is CCCc1ccc(CO)cc1-c1cc(NCc2cccc(Cl)c2)ccc1C. The molecule has 140 valence electrons. The third-order valence-corrected chi connectivity index (χ3v) is 5.02. The van der Waals surface area contributed by atoms with Crippen molar-refractivity contribution in [1.29, 1.82) is 0 Å². The number of aliphatic hydroxyl groups is 1. The number of rotatable bonds is 7. The van der Waals surface area contributed by atoms with Gasteiger partial charge in [-0.3, -0.25) is 0 Å². The maximum Gasteiger partial charge on any atom is 0.0682 e. The van der Waals surface area contributed by atoms with E-state index < -0.39 is 0 Å². The number of hydrogen-bond acceptors (Lipinski definition) is 2. The van der Waals surface area contributed by atoms with E-state index in [9.17, 15) is 5.11 Å². The smallest absolute Gasteiger partial charge is 0.0682 e. The average Bonchev–Trinajstić information content (AvgIpc) is 2.68. The van der Waals surface area contributed by atoms with E-state index in [0.717, 1.165) is 41.2 Å². The summed E-state index contributed by atoms with van der Waals surface area (Å²) in [6, 6.07) is 20.7. The Morgan fingerprint density at radius 3 is 2.52 bits per heavy atom. The van der Waals surface area contributed by atoms with Gasteiger partial charge in [-0.2, -0.15) is 0 Å². The minimum Gasteiger partial charge on any atom is -0.392 e. The fraction of sp³-hybridized carbons (Fsp3) is 0.250. The number of hydrogen-bond donors (Lipinski definition) is 2. The molecule has 27 heavy (non-hydrogen) atoms. The molecule has 0 amide bonds. The number of halogens is 1. The molecule has 3 aromatic rings. The maximum atomic E-state index is 9.56. The Kier molecular flexibility index (Phi) is 6.54. The van der Waals surface area contributed by atoms with Crippen LogP contribution in [0.4, 0.5) is 5.69 Å². The maximum absolute atomic E-state index is 9.56. The molecule has 0 spiro atoms. The van der Waals surface area contributed by atoms with Crippen LogP contribution in [0.25, 0.3) is 11.1 Å². The molecule has 0 aliphatic rings. The van der Waals surface area contributed by atoms with Crippen molar-refractivity contribution in [2.45, 2.75) is 39.8 Å². The van der Waals surface area contributed by atoms with E-state index in [0.29, 0.717) is 0 Å². The molecule has 0 aromatic heterocycles. The van der Waals surface area contributed by atoms with E-state index in [-0.39, 0.29) is 6.61 Å². The van der Waals surface area contributed by atoms with Crippen molar-refractivity contribution in [2.75, 3.05) is 5.32 Å². The van der Waals surface area contributed by atoms with Crippen LogP contribution in [-0.2, 0) is 19.6 Å². The van der Waals surface area contributed by atoms with Gasteiger partial charge in [0.1, 0.15) is 0 Å². The molecule has 0 aliphatic carbocycles.